The predicted octanol–water partition coefficient (Wildman–Crippen LogP) is 5.38. The molecule has 1 aliphatic carbocycles. The van der Waals surface area contributed by atoms with Crippen LogP contribution in [0.2, 0.25) is 0 Å². The second-order valence-electron chi connectivity index (χ2n) is 7.06. The van der Waals surface area contributed by atoms with Gasteiger partial charge in [-0.25, -0.2) is 9.79 Å². The number of esters is 1. The first-order chi connectivity index (χ1) is 13.3. The highest BCUT2D eigenvalue weighted by molar-refractivity contribution is 7.14. The fourth-order valence-corrected chi connectivity index (χ4v) is 4.27. The summed E-state index contributed by atoms with van der Waals surface area (Å²) >= 11 is 1.34. The molecule has 1 aromatic carbocycles. The van der Waals surface area contributed by atoms with E-state index in [-0.39, 0.29) is 23.7 Å². The highest BCUT2D eigenvalue weighted by atomic mass is 32.1. The highest BCUT2D eigenvalue weighted by Gasteiger charge is 2.31. The second kappa shape index (κ2) is 8.10. The molecular formula is C22H23NO4S. The Morgan fingerprint density at radius 3 is 2.54 bits per heavy atom. The standard InChI is InChI=1S/C22H23NO4S/c1-5-27-22(26)18-14(10-12(2)3)11-28-21(18)23-13(4)17-19(24)15-8-6-7-9-16(15)20(17)25/h6-9,11-12,24H,5,10H2,1-4H3/b23-13+. The molecule has 6 heteroatoms. The molecular weight excluding hydrogens is 374 g/mol. The highest BCUT2D eigenvalue weighted by Crippen LogP contribution is 2.36. The summed E-state index contributed by atoms with van der Waals surface area (Å²) in [5.41, 5.74) is 2.86. The van der Waals surface area contributed by atoms with Crippen LogP contribution in [0.5, 0.6) is 0 Å². The molecule has 5 nitrogen and oxygen atoms in total. The number of ketones is 1. The van der Waals surface area contributed by atoms with Crippen LogP contribution in [0.25, 0.3) is 5.76 Å². The number of aliphatic imine (C=N–C) groups is 1. The van der Waals surface area contributed by atoms with E-state index >= 15 is 0 Å². The number of benzene rings is 1. The van der Waals surface area contributed by atoms with Crippen LogP contribution in [0.4, 0.5) is 5.00 Å². The van der Waals surface area contributed by atoms with Crippen LogP contribution in [-0.4, -0.2) is 29.2 Å². The number of carbonyl (C=O) groups is 2. The maximum absolute atomic E-state index is 12.7. The minimum atomic E-state index is -0.412. The zero-order valence-electron chi connectivity index (χ0n) is 16.4. The number of ether oxygens (including phenoxy) is 1. The van der Waals surface area contributed by atoms with E-state index in [2.05, 4.69) is 18.8 Å². The van der Waals surface area contributed by atoms with E-state index in [1.807, 2.05) is 5.38 Å². The van der Waals surface area contributed by atoms with E-state index in [1.165, 1.54) is 11.3 Å². The van der Waals surface area contributed by atoms with Gasteiger partial charge < -0.3 is 9.84 Å². The van der Waals surface area contributed by atoms with Crippen LogP contribution in [0, 0.1) is 5.92 Å². The van der Waals surface area contributed by atoms with Crippen molar-refractivity contribution in [1.82, 2.24) is 0 Å². The molecule has 1 heterocycles. The third-order valence-electron chi connectivity index (χ3n) is 4.48. The molecule has 0 atom stereocenters. The molecule has 0 fully saturated rings. The van der Waals surface area contributed by atoms with E-state index < -0.39 is 5.97 Å². The molecule has 1 aromatic heterocycles. The largest absolute Gasteiger partial charge is 0.506 e. The van der Waals surface area contributed by atoms with Gasteiger partial charge in [-0.2, -0.15) is 0 Å². The normalized spacial score (nSPS) is 14.0. The third-order valence-corrected chi connectivity index (χ3v) is 5.40. The van der Waals surface area contributed by atoms with Gasteiger partial charge >= 0.3 is 5.97 Å². The van der Waals surface area contributed by atoms with Crippen LogP contribution in [0.3, 0.4) is 0 Å². The molecule has 0 unspecified atom stereocenters. The summed E-state index contributed by atoms with van der Waals surface area (Å²) in [6, 6.07) is 6.92. The molecule has 0 aliphatic heterocycles. The number of thiophene rings is 1. The van der Waals surface area contributed by atoms with Crippen LogP contribution < -0.4 is 0 Å². The Labute approximate surface area is 168 Å². The minimum absolute atomic E-state index is 0.0708. The molecule has 2 aromatic rings. The molecule has 3 rings (SSSR count). The number of aliphatic hydroxyl groups is 1. The number of allylic oxidation sites excluding steroid dienone is 1. The Morgan fingerprint density at radius 1 is 1.25 bits per heavy atom. The van der Waals surface area contributed by atoms with E-state index in [0.717, 1.165) is 12.0 Å². The Hall–Kier alpha value is -2.73. The van der Waals surface area contributed by atoms with E-state index in [9.17, 15) is 14.7 Å². The van der Waals surface area contributed by atoms with Gasteiger partial charge in [0, 0.05) is 11.1 Å². The molecule has 0 saturated carbocycles. The molecule has 1 aliphatic rings. The van der Waals surface area contributed by atoms with Crippen molar-refractivity contribution >= 4 is 39.6 Å². The molecule has 0 radical (unpaired) electrons. The number of nitrogens with zero attached hydrogens (tertiary/aromatic N) is 1. The van der Waals surface area contributed by atoms with E-state index in [0.29, 0.717) is 33.3 Å². The number of aliphatic hydroxyl groups excluding tert-OH is 1. The third kappa shape index (κ3) is 3.64. The fraction of sp³-hybridized carbons (Fsp3) is 0.318. The lowest BCUT2D eigenvalue weighted by Gasteiger charge is -2.08. The van der Waals surface area contributed by atoms with Gasteiger partial charge in [-0.05, 0) is 37.1 Å². The molecule has 1 N–H and O–H groups in total. The number of fused-ring (bicyclic) bond motifs is 1. The predicted molar refractivity (Wildman–Crippen MR) is 112 cm³/mol. The molecule has 0 saturated heterocycles. The Balaban J connectivity index is 2.04. The number of hydrogen-bond donors (Lipinski definition) is 1. The maximum atomic E-state index is 12.7. The number of rotatable bonds is 6. The van der Waals surface area contributed by atoms with Gasteiger partial charge in [-0.3, -0.25) is 4.79 Å². The lowest BCUT2D eigenvalue weighted by molar-refractivity contribution is 0.0526. The summed E-state index contributed by atoms with van der Waals surface area (Å²) in [6.45, 7) is 7.87. The molecule has 0 bridgehead atoms. The van der Waals surface area contributed by atoms with Crippen molar-refractivity contribution in [3.63, 3.8) is 0 Å². The van der Waals surface area contributed by atoms with Crippen LogP contribution in [0.1, 0.15) is 59.5 Å². The van der Waals surface area contributed by atoms with Gasteiger partial charge in [0.25, 0.3) is 0 Å². The second-order valence-corrected chi connectivity index (χ2v) is 7.91. The quantitative estimate of drug-likeness (QED) is 0.524. The maximum Gasteiger partial charge on any atom is 0.341 e. The van der Waals surface area contributed by atoms with Crippen LogP contribution in [-0.2, 0) is 11.2 Å². The van der Waals surface area contributed by atoms with Gasteiger partial charge in [0.1, 0.15) is 10.8 Å². The Morgan fingerprint density at radius 2 is 1.93 bits per heavy atom. The summed E-state index contributed by atoms with van der Waals surface area (Å²) in [6.07, 6.45) is 0.734. The summed E-state index contributed by atoms with van der Waals surface area (Å²) < 4.78 is 5.22. The Kier molecular flexibility index (Phi) is 5.79. The van der Waals surface area contributed by atoms with Crippen molar-refractivity contribution in [2.45, 2.75) is 34.1 Å². The lowest BCUT2D eigenvalue weighted by atomic mass is 10.0. The van der Waals surface area contributed by atoms with Crippen LogP contribution in [0.15, 0.2) is 40.2 Å². The topological polar surface area (TPSA) is 76.0 Å². The summed E-state index contributed by atoms with van der Waals surface area (Å²) in [4.78, 5) is 29.8. The summed E-state index contributed by atoms with van der Waals surface area (Å²) in [5.74, 6) is -0.368. The van der Waals surface area contributed by atoms with Crippen LogP contribution >= 0.6 is 11.3 Å². The van der Waals surface area contributed by atoms with Gasteiger partial charge in [0.15, 0.2) is 5.78 Å². The van der Waals surface area contributed by atoms with Crippen molar-refractivity contribution in [3.05, 3.63) is 57.5 Å². The molecule has 0 spiro atoms. The van der Waals surface area contributed by atoms with Crippen molar-refractivity contribution in [2.75, 3.05) is 6.61 Å². The van der Waals surface area contributed by atoms with Gasteiger partial charge in [0.05, 0.1) is 23.5 Å². The molecule has 0 amide bonds. The smallest absolute Gasteiger partial charge is 0.341 e. The van der Waals surface area contributed by atoms with Gasteiger partial charge in [-0.15, -0.1) is 11.3 Å². The Bertz CT molecular complexity index is 998. The van der Waals surface area contributed by atoms with E-state index in [4.69, 9.17) is 4.74 Å². The van der Waals surface area contributed by atoms with Crippen molar-refractivity contribution in [3.8, 4) is 0 Å². The van der Waals surface area contributed by atoms with Crippen molar-refractivity contribution < 1.29 is 19.4 Å². The zero-order chi connectivity index (χ0) is 20.4. The van der Waals surface area contributed by atoms with Crippen molar-refractivity contribution in [1.29, 1.82) is 0 Å². The lowest BCUT2D eigenvalue weighted by Crippen LogP contribution is -2.09. The number of Topliss-reactive ketones (excluding diaryl/α,β-unsaturated/α-hetero) is 1. The average molecular weight is 397 g/mol. The fourth-order valence-electron chi connectivity index (χ4n) is 3.28. The first-order valence-corrected chi connectivity index (χ1v) is 10.1. The summed E-state index contributed by atoms with van der Waals surface area (Å²) in [7, 11) is 0. The summed E-state index contributed by atoms with van der Waals surface area (Å²) in [5, 5.41) is 12.9. The van der Waals surface area contributed by atoms with E-state index in [1.54, 1.807) is 38.1 Å². The number of carbonyl (C=O) groups excluding carboxylic acids is 2. The minimum Gasteiger partial charge on any atom is -0.506 e. The van der Waals surface area contributed by atoms with Gasteiger partial charge in [0.2, 0.25) is 0 Å². The molecule has 146 valence electrons. The average Bonchev–Trinajstić information content (AvgIpc) is 3.14. The van der Waals surface area contributed by atoms with Crippen molar-refractivity contribution in [2.24, 2.45) is 10.9 Å². The molecule has 28 heavy (non-hydrogen) atoms. The van der Waals surface area contributed by atoms with Gasteiger partial charge in [-0.1, -0.05) is 38.1 Å². The monoisotopic (exact) mass is 397 g/mol. The first kappa shape index (κ1) is 20.0. The SMILES string of the molecule is CCOC(=O)c1c(CC(C)C)csc1/N=C(\C)C1=C(O)c2ccccc2C1=O. The zero-order valence-corrected chi connectivity index (χ0v) is 17.2. The first-order valence-electron chi connectivity index (χ1n) is 9.25. The number of hydrogen-bond acceptors (Lipinski definition) is 6.